The molecular formula is C23H26ClF2N7O2. The van der Waals surface area contributed by atoms with E-state index in [1.165, 1.54) is 0 Å². The van der Waals surface area contributed by atoms with Gasteiger partial charge in [-0.3, -0.25) is 9.36 Å². The Kier molecular flexibility index (Phi) is 6.70. The number of ether oxygens (including phenoxy) is 1. The van der Waals surface area contributed by atoms with E-state index in [1.54, 1.807) is 6.20 Å². The molecule has 3 aromatic rings. The Balaban J connectivity index is 1.59. The van der Waals surface area contributed by atoms with E-state index in [0.717, 1.165) is 37.8 Å². The van der Waals surface area contributed by atoms with Gasteiger partial charge in [0.2, 0.25) is 17.8 Å². The van der Waals surface area contributed by atoms with Crippen molar-refractivity contribution in [2.75, 3.05) is 23.8 Å². The number of imidazole rings is 1. The maximum Gasteiger partial charge on any atom is 0.224 e. The minimum Gasteiger partial charge on any atom is -0.381 e. The van der Waals surface area contributed by atoms with Gasteiger partial charge in [-0.05, 0) is 31.7 Å². The van der Waals surface area contributed by atoms with Gasteiger partial charge in [0.05, 0.1) is 28.9 Å². The molecule has 2 aliphatic rings. The normalized spacial score (nSPS) is 21.2. The predicted octanol–water partition coefficient (Wildman–Crippen LogP) is 4.31. The van der Waals surface area contributed by atoms with Crippen molar-refractivity contribution in [3.63, 3.8) is 0 Å². The van der Waals surface area contributed by atoms with Crippen LogP contribution < -0.4 is 16.4 Å². The van der Waals surface area contributed by atoms with Gasteiger partial charge < -0.3 is 21.1 Å². The van der Waals surface area contributed by atoms with Crippen LogP contribution in [-0.2, 0) is 9.53 Å². The number of nitrogens with zero attached hydrogens (tertiary/aromatic N) is 4. The maximum atomic E-state index is 14.0. The number of carbonyl (C=O) groups is 1. The first-order valence-corrected chi connectivity index (χ1v) is 12.1. The summed E-state index contributed by atoms with van der Waals surface area (Å²) in [7, 11) is 0. The Morgan fingerprint density at radius 2 is 1.86 bits per heavy atom. The van der Waals surface area contributed by atoms with Crippen LogP contribution in [0.2, 0.25) is 5.02 Å². The van der Waals surface area contributed by atoms with E-state index in [1.807, 2.05) is 4.57 Å². The van der Waals surface area contributed by atoms with Crippen molar-refractivity contribution < 1.29 is 18.3 Å². The van der Waals surface area contributed by atoms with Crippen LogP contribution in [0.4, 0.5) is 26.4 Å². The SMILES string of the molecule is NC(=O)C1CCCCC1n1c(Nc2cc(F)c(F)cc2Cl)nc2cnc(NC3CCOCC3)nc21. The number of amides is 1. The number of halogens is 3. The van der Waals surface area contributed by atoms with E-state index in [-0.39, 0.29) is 22.8 Å². The van der Waals surface area contributed by atoms with Gasteiger partial charge in [0.1, 0.15) is 5.52 Å². The van der Waals surface area contributed by atoms with Crippen LogP contribution >= 0.6 is 11.6 Å². The van der Waals surface area contributed by atoms with Crippen LogP contribution in [0.25, 0.3) is 11.2 Å². The minimum atomic E-state index is -1.05. The van der Waals surface area contributed by atoms with E-state index in [0.29, 0.717) is 49.1 Å². The highest BCUT2D eigenvalue weighted by Crippen LogP contribution is 2.39. The molecule has 3 heterocycles. The van der Waals surface area contributed by atoms with Gasteiger partial charge in [-0.15, -0.1) is 0 Å². The number of nitrogens with two attached hydrogens (primary N) is 1. The van der Waals surface area contributed by atoms with Crippen molar-refractivity contribution in [2.24, 2.45) is 11.7 Å². The number of hydrogen-bond acceptors (Lipinski definition) is 7. The van der Waals surface area contributed by atoms with Gasteiger partial charge in [0, 0.05) is 25.3 Å². The molecule has 0 spiro atoms. The molecule has 2 aromatic heterocycles. The fourth-order valence-corrected chi connectivity index (χ4v) is 5.08. The lowest BCUT2D eigenvalue weighted by molar-refractivity contribution is -0.124. The first-order chi connectivity index (χ1) is 16.9. The molecule has 1 aromatic carbocycles. The average molecular weight is 506 g/mol. The molecule has 0 bridgehead atoms. The van der Waals surface area contributed by atoms with E-state index in [4.69, 9.17) is 27.1 Å². The molecular weight excluding hydrogens is 480 g/mol. The van der Waals surface area contributed by atoms with Crippen LogP contribution in [0.5, 0.6) is 0 Å². The molecule has 2 atom stereocenters. The number of anilines is 3. The quantitative estimate of drug-likeness (QED) is 0.427. The second kappa shape index (κ2) is 9.90. The maximum absolute atomic E-state index is 14.0. The summed E-state index contributed by atoms with van der Waals surface area (Å²) >= 11 is 6.17. The lowest BCUT2D eigenvalue weighted by atomic mass is 9.84. The summed E-state index contributed by atoms with van der Waals surface area (Å²) in [5, 5.41) is 6.35. The van der Waals surface area contributed by atoms with Crippen LogP contribution in [0, 0.1) is 17.6 Å². The van der Waals surface area contributed by atoms with Crippen LogP contribution in [0.1, 0.15) is 44.6 Å². The molecule has 2 unspecified atom stereocenters. The predicted molar refractivity (Wildman–Crippen MR) is 128 cm³/mol. The average Bonchev–Trinajstić information content (AvgIpc) is 3.20. The Labute approximate surface area is 205 Å². The van der Waals surface area contributed by atoms with Crippen molar-refractivity contribution in [3.8, 4) is 0 Å². The van der Waals surface area contributed by atoms with Crippen molar-refractivity contribution in [1.82, 2.24) is 19.5 Å². The smallest absolute Gasteiger partial charge is 0.224 e. The first-order valence-electron chi connectivity index (χ1n) is 11.7. The fourth-order valence-electron chi connectivity index (χ4n) is 4.88. The van der Waals surface area contributed by atoms with Gasteiger partial charge in [0.25, 0.3) is 0 Å². The zero-order valence-electron chi connectivity index (χ0n) is 18.9. The van der Waals surface area contributed by atoms with Gasteiger partial charge in [-0.25, -0.2) is 18.7 Å². The molecule has 0 radical (unpaired) electrons. The van der Waals surface area contributed by atoms with Gasteiger partial charge in [-0.1, -0.05) is 24.4 Å². The van der Waals surface area contributed by atoms with Gasteiger partial charge in [0.15, 0.2) is 17.3 Å². The van der Waals surface area contributed by atoms with Crippen molar-refractivity contribution in [2.45, 2.75) is 50.6 Å². The highest BCUT2D eigenvalue weighted by Gasteiger charge is 2.34. The lowest BCUT2D eigenvalue weighted by Gasteiger charge is -2.31. The fraction of sp³-hybridized carbons (Fsp3) is 0.478. The third-order valence-electron chi connectivity index (χ3n) is 6.67. The summed E-state index contributed by atoms with van der Waals surface area (Å²) in [5.74, 6) is -2.19. The minimum absolute atomic E-state index is 0.00874. The largest absolute Gasteiger partial charge is 0.381 e. The number of fused-ring (bicyclic) bond motifs is 1. The Hall–Kier alpha value is -3.05. The second-order valence-electron chi connectivity index (χ2n) is 8.97. The van der Waals surface area contributed by atoms with Gasteiger partial charge >= 0.3 is 0 Å². The van der Waals surface area contributed by atoms with E-state index >= 15 is 0 Å². The van der Waals surface area contributed by atoms with E-state index < -0.39 is 23.5 Å². The van der Waals surface area contributed by atoms with E-state index in [2.05, 4.69) is 20.6 Å². The number of primary amides is 1. The molecule has 9 nitrogen and oxygen atoms in total. The molecule has 1 aliphatic carbocycles. The Morgan fingerprint density at radius 3 is 2.63 bits per heavy atom. The highest BCUT2D eigenvalue weighted by atomic mass is 35.5. The lowest BCUT2D eigenvalue weighted by Crippen LogP contribution is -2.34. The molecule has 35 heavy (non-hydrogen) atoms. The van der Waals surface area contributed by atoms with Crippen LogP contribution in [0.3, 0.4) is 0 Å². The second-order valence-corrected chi connectivity index (χ2v) is 9.38. The molecule has 4 N–H and O–H groups in total. The van der Waals surface area contributed by atoms with Crippen molar-refractivity contribution in [3.05, 3.63) is 35.0 Å². The van der Waals surface area contributed by atoms with Crippen molar-refractivity contribution >= 4 is 46.3 Å². The summed E-state index contributed by atoms with van der Waals surface area (Å²) in [5.41, 5.74) is 6.90. The molecule has 186 valence electrons. The summed E-state index contributed by atoms with van der Waals surface area (Å²) in [6.07, 6.45) is 6.40. The first kappa shape index (κ1) is 23.7. The van der Waals surface area contributed by atoms with Crippen molar-refractivity contribution in [1.29, 1.82) is 0 Å². The topological polar surface area (TPSA) is 120 Å². The summed E-state index contributed by atoms with van der Waals surface area (Å²) in [4.78, 5) is 26.1. The molecule has 2 fully saturated rings. The third kappa shape index (κ3) is 4.87. The standard InChI is InChI=1S/C23H26ClF2N7O2/c24-14-9-15(25)16(26)10-17(14)30-23-31-18-11-28-22(29-12-5-7-35-8-6-12)32-21(18)33(23)19-4-2-1-3-13(19)20(27)34/h9-13,19H,1-8H2,(H2,27,34)(H,30,31)(H,28,29,32). The molecule has 5 rings (SSSR count). The van der Waals surface area contributed by atoms with Crippen LogP contribution in [0.15, 0.2) is 18.3 Å². The molecule has 1 saturated heterocycles. The number of carbonyl (C=O) groups excluding carboxylic acids is 1. The highest BCUT2D eigenvalue weighted by molar-refractivity contribution is 6.33. The monoisotopic (exact) mass is 505 g/mol. The zero-order valence-corrected chi connectivity index (χ0v) is 19.7. The zero-order chi connectivity index (χ0) is 24.5. The Bertz CT molecular complexity index is 1250. The number of benzene rings is 1. The van der Waals surface area contributed by atoms with E-state index in [9.17, 15) is 13.6 Å². The summed E-state index contributed by atoms with van der Waals surface area (Å²) in [6.45, 7) is 1.34. The number of nitrogens with one attached hydrogen (secondary N) is 2. The van der Waals surface area contributed by atoms with Gasteiger partial charge in [-0.2, -0.15) is 4.98 Å². The summed E-state index contributed by atoms with van der Waals surface area (Å²) < 4.78 is 34.8. The van der Waals surface area contributed by atoms with Crippen LogP contribution in [-0.4, -0.2) is 44.7 Å². The Morgan fingerprint density at radius 1 is 1.11 bits per heavy atom. The number of hydrogen-bond donors (Lipinski definition) is 3. The third-order valence-corrected chi connectivity index (χ3v) is 6.98. The molecule has 1 aliphatic heterocycles. The number of rotatable bonds is 6. The molecule has 1 amide bonds. The molecule has 1 saturated carbocycles. The number of aromatic nitrogens is 4. The molecule has 12 heteroatoms. The summed E-state index contributed by atoms with van der Waals surface area (Å²) in [6, 6.07) is 1.74.